The Morgan fingerprint density at radius 1 is 0.824 bits per heavy atom. The maximum atomic E-state index is 12.4. The number of ketones is 1. The lowest BCUT2D eigenvalue weighted by Crippen LogP contribution is -2.56. The minimum Gasteiger partial charge on any atom is -0.332 e. The van der Waals surface area contributed by atoms with Crippen LogP contribution in [0.3, 0.4) is 0 Å². The molecule has 4 fully saturated rings. The largest absolute Gasteiger partial charge is 0.332 e. The number of nitrogens with zero attached hydrogens (tertiary/aromatic N) is 5. The first kappa shape index (κ1) is 24.2. The lowest BCUT2D eigenvalue weighted by molar-refractivity contribution is -0.127. The van der Waals surface area contributed by atoms with E-state index in [1.807, 2.05) is 13.8 Å². The molecule has 1 aromatic heterocycles. The van der Waals surface area contributed by atoms with Crippen molar-refractivity contribution in [1.82, 2.24) is 19.8 Å². The van der Waals surface area contributed by atoms with Gasteiger partial charge in [0.05, 0.1) is 0 Å². The average molecular weight is 468 g/mol. The molecule has 0 spiro atoms. The molecular formula is C28H45N5O. The zero-order valence-corrected chi connectivity index (χ0v) is 21.8. The van der Waals surface area contributed by atoms with Crippen LogP contribution in [-0.4, -0.2) is 75.9 Å². The van der Waals surface area contributed by atoms with Crippen molar-refractivity contribution < 1.29 is 4.79 Å². The van der Waals surface area contributed by atoms with Gasteiger partial charge < -0.3 is 9.80 Å². The fraction of sp³-hybridized carbons (Fsp3) is 0.821. The summed E-state index contributed by atoms with van der Waals surface area (Å²) in [4.78, 5) is 30.0. The summed E-state index contributed by atoms with van der Waals surface area (Å²) < 4.78 is 0. The first-order valence-corrected chi connectivity index (χ1v) is 14.0. The van der Waals surface area contributed by atoms with Crippen molar-refractivity contribution in [3.63, 3.8) is 0 Å². The Labute approximate surface area is 206 Å². The van der Waals surface area contributed by atoms with Gasteiger partial charge >= 0.3 is 0 Å². The second-order valence-corrected chi connectivity index (χ2v) is 12.0. The Morgan fingerprint density at radius 2 is 1.38 bits per heavy atom. The van der Waals surface area contributed by atoms with Crippen molar-refractivity contribution >= 4 is 11.7 Å². The third-order valence-electron chi connectivity index (χ3n) is 9.32. The normalized spacial score (nSPS) is 31.5. The number of piperazine rings is 1. The number of likely N-dealkylation sites (tertiary alicyclic amines) is 2. The van der Waals surface area contributed by atoms with E-state index < -0.39 is 0 Å². The van der Waals surface area contributed by atoms with Crippen LogP contribution >= 0.6 is 0 Å². The number of hydrogen-bond acceptors (Lipinski definition) is 6. The molecule has 2 atom stereocenters. The van der Waals surface area contributed by atoms with E-state index >= 15 is 0 Å². The molecule has 34 heavy (non-hydrogen) atoms. The molecule has 0 amide bonds. The van der Waals surface area contributed by atoms with Gasteiger partial charge in [-0.3, -0.25) is 9.69 Å². The summed E-state index contributed by atoms with van der Waals surface area (Å²) in [6, 6.07) is 2.44. The molecule has 4 aliphatic rings. The summed E-state index contributed by atoms with van der Waals surface area (Å²) in [6.45, 7) is 13.3. The van der Waals surface area contributed by atoms with Gasteiger partial charge in [-0.1, -0.05) is 13.8 Å². The zero-order valence-electron chi connectivity index (χ0n) is 21.8. The minimum absolute atomic E-state index is 0.186. The van der Waals surface area contributed by atoms with E-state index in [0.717, 1.165) is 31.9 Å². The highest BCUT2D eigenvalue weighted by Crippen LogP contribution is 2.36. The second-order valence-electron chi connectivity index (χ2n) is 12.0. The van der Waals surface area contributed by atoms with Crippen LogP contribution in [0.5, 0.6) is 0 Å². The van der Waals surface area contributed by atoms with Crippen molar-refractivity contribution in [2.24, 2.45) is 11.8 Å². The molecule has 1 saturated carbocycles. The predicted octanol–water partition coefficient (Wildman–Crippen LogP) is 4.50. The molecule has 3 saturated heterocycles. The molecule has 3 aliphatic heterocycles. The Bertz CT molecular complexity index is 810. The predicted molar refractivity (Wildman–Crippen MR) is 137 cm³/mol. The summed E-state index contributed by atoms with van der Waals surface area (Å²) >= 11 is 0. The quantitative estimate of drug-likeness (QED) is 0.614. The number of piperidine rings is 1. The number of hydrogen-bond donors (Lipinski definition) is 0. The van der Waals surface area contributed by atoms with Crippen LogP contribution < -0.4 is 4.90 Å². The third-order valence-corrected chi connectivity index (χ3v) is 9.32. The van der Waals surface area contributed by atoms with E-state index in [1.54, 1.807) is 0 Å². The molecule has 4 heterocycles. The molecule has 1 aliphatic carbocycles. The second kappa shape index (κ2) is 10.2. The van der Waals surface area contributed by atoms with Gasteiger partial charge in [-0.2, -0.15) is 0 Å². The standard InChI is InChI=1S/C28H45N5O/c1-19(2)27(34)22-5-7-24(8-6-22)31-13-11-21(12-14-31)23-15-29-28(30-16-23)33-25-9-10-26(33)18-32(17-25)20(3)4/h15-16,19-22,24-26H,5-14,17-18H2,1-4H3. The number of Topliss-reactive ketones (excluding diaryl/α,β-unsaturated/α-hetero) is 1. The van der Waals surface area contributed by atoms with Crippen LogP contribution in [0.2, 0.25) is 0 Å². The summed E-state index contributed by atoms with van der Waals surface area (Å²) in [5.41, 5.74) is 1.32. The van der Waals surface area contributed by atoms with Gasteiger partial charge in [0.15, 0.2) is 0 Å². The van der Waals surface area contributed by atoms with Crippen LogP contribution in [0.25, 0.3) is 0 Å². The SMILES string of the molecule is CC(C)C(=O)C1CCC(N2CCC(c3cnc(N4C5CCC4CN(C(C)C)C5)nc3)CC2)CC1. The molecular weight excluding hydrogens is 422 g/mol. The minimum atomic E-state index is 0.186. The van der Waals surface area contributed by atoms with Crippen molar-refractivity contribution in [2.75, 3.05) is 31.1 Å². The number of fused-ring (bicyclic) bond motifs is 2. The first-order valence-electron chi connectivity index (χ1n) is 14.0. The lowest BCUT2D eigenvalue weighted by Gasteiger charge is -2.43. The van der Waals surface area contributed by atoms with Gasteiger partial charge in [0.25, 0.3) is 0 Å². The highest BCUT2D eigenvalue weighted by Gasteiger charge is 2.42. The van der Waals surface area contributed by atoms with E-state index in [-0.39, 0.29) is 5.92 Å². The summed E-state index contributed by atoms with van der Waals surface area (Å²) in [7, 11) is 0. The molecule has 6 nitrogen and oxygen atoms in total. The molecule has 0 N–H and O–H groups in total. The van der Waals surface area contributed by atoms with Crippen LogP contribution in [0.4, 0.5) is 5.95 Å². The van der Waals surface area contributed by atoms with Crippen LogP contribution in [0.1, 0.15) is 90.5 Å². The molecule has 6 heteroatoms. The number of carbonyl (C=O) groups is 1. The van der Waals surface area contributed by atoms with Gasteiger partial charge in [-0.15, -0.1) is 0 Å². The van der Waals surface area contributed by atoms with Crippen LogP contribution in [0, 0.1) is 11.8 Å². The van der Waals surface area contributed by atoms with Gasteiger partial charge in [-0.25, -0.2) is 9.97 Å². The number of anilines is 1. The van der Waals surface area contributed by atoms with E-state index in [0.29, 0.717) is 41.8 Å². The summed E-state index contributed by atoms with van der Waals surface area (Å²) in [6.07, 6.45) is 13.7. The van der Waals surface area contributed by atoms with Crippen molar-refractivity contribution in [3.8, 4) is 0 Å². The molecule has 188 valence electrons. The topological polar surface area (TPSA) is 52.6 Å². The molecule has 1 aromatic rings. The van der Waals surface area contributed by atoms with Crippen molar-refractivity contribution in [1.29, 1.82) is 0 Å². The Morgan fingerprint density at radius 3 is 1.91 bits per heavy atom. The van der Waals surface area contributed by atoms with E-state index in [1.165, 1.54) is 57.2 Å². The van der Waals surface area contributed by atoms with Gasteiger partial charge in [-0.05, 0) is 89.8 Å². The first-order chi connectivity index (χ1) is 16.4. The maximum Gasteiger partial charge on any atom is 0.225 e. The molecule has 2 unspecified atom stereocenters. The zero-order chi connectivity index (χ0) is 23.8. The summed E-state index contributed by atoms with van der Waals surface area (Å²) in [5, 5.41) is 0. The number of aromatic nitrogens is 2. The van der Waals surface area contributed by atoms with Gasteiger partial charge in [0.1, 0.15) is 5.78 Å². The maximum absolute atomic E-state index is 12.4. The Balaban J connectivity index is 1.12. The Hall–Kier alpha value is -1.53. The third kappa shape index (κ3) is 4.90. The number of carbonyl (C=O) groups excluding carboxylic acids is 1. The Kier molecular flexibility index (Phi) is 7.27. The average Bonchev–Trinajstić information content (AvgIpc) is 3.12. The van der Waals surface area contributed by atoms with Gasteiger partial charge in [0.2, 0.25) is 5.95 Å². The van der Waals surface area contributed by atoms with Crippen LogP contribution in [-0.2, 0) is 4.79 Å². The van der Waals surface area contributed by atoms with Crippen molar-refractivity contribution in [3.05, 3.63) is 18.0 Å². The molecule has 0 radical (unpaired) electrons. The van der Waals surface area contributed by atoms with E-state index in [2.05, 4.69) is 40.9 Å². The lowest BCUT2D eigenvalue weighted by atomic mass is 9.79. The van der Waals surface area contributed by atoms with Gasteiger partial charge in [0, 0.05) is 61.5 Å². The molecule has 0 aromatic carbocycles. The fourth-order valence-corrected chi connectivity index (χ4v) is 7.15. The highest BCUT2D eigenvalue weighted by atomic mass is 16.1. The highest BCUT2D eigenvalue weighted by molar-refractivity contribution is 5.82. The van der Waals surface area contributed by atoms with E-state index in [9.17, 15) is 4.79 Å². The van der Waals surface area contributed by atoms with E-state index in [4.69, 9.17) is 9.97 Å². The molecule has 5 rings (SSSR count). The number of rotatable bonds is 6. The monoisotopic (exact) mass is 467 g/mol. The van der Waals surface area contributed by atoms with Crippen LogP contribution in [0.15, 0.2) is 12.4 Å². The molecule has 2 bridgehead atoms. The fourth-order valence-electron chi connectivity index (χ4n) is 7.15. The van der Waals surface area contributed by atoms with Crippen molar-refractivity contribution in [2.45, 2.75) is 109 Å². The smallest absolute Gasteiger partial charge is 0.225 e. The summed E-state index contributed by atoms with van der Waals surface area (Å²) in [5.74, 6) is 2.51.